The number of hydrogen-bond acceptors (Lipinski definition) is 6. The molecule has 8 nitrogen and oxygen atoms in total. The number of carbonyl (C=O) groups excluding carboxylic acids is 2. The molecule has 0 aliphatic carbocycles. The third-order valence-corrected chi connectivity index (χ3v) is 4.90. The van der Waals surface area contributed by atoms with Gasteiger partial charge in [0.05, 0.1) is 0 Å². The van der Waals surface area contributed by atoms with E-state index in [1.807, 2.05) is 30.3 Å². The molecule has 1 aromatic carbocycles. The summed E-state index contributed by atoms with van der Waals surface area (Å²) in [6, 6.07) is 9.35. The minimum atomic E-state index is -0.227. The van der Waals surface area contributed by atoms with E-state index in [9.17, 15) is 9.59 Å². The van der Waals surface area contributed by atoms with Gasteiger partial charge in [0.15, 0.2) is 0 Å². The summed E-state index contributed by atoms with van der Waals surface area (Å²) in [5, 5.41) is 6.84. The van der Waals surface area contributed by atoms with Crippen molar-refractivity contribution in [3.8, 4) is 11.4 Å². The Balaban J connectivity index is 1.33. The predicted molar refractivity (Wildman–Crippen MR) is 93.0 cm³/mol. The Morgan fingerprint density at radius 1 is 1.23 bits per heavy atom. The Morgan fingerprint density at radius 3 is 2.92 bits per heavy atom. The van der Waals surface area contributed by atoms with E-state index < -0.39 is 0 Å². The van der Waals surface area contributed by atoms with Crippen LogP contribution in [0.2, 0.25) is 0 Å². The van der Waals surface area contributed by atoms with Gasteiger partial charge in [0.2, 0.25) is 23.5 Å². The molecule has 1 atom stereocenters. The Labute approximate surface area is 151 Å². The number of aromatic nitrogens is 2. The summed E-state index contributed by atoms with van der Waals surface area (Å²) < 4.78 is 5.26. The van der Waals surface area contributed by atoms with Crippen molar-refractivity contribution in [1.29, 1.82) is 0 Å². The monoisotopic (exact) mass is 355 g/mol. The van der Waals surface area contributed by atoms with Gasteiger partial charge in [-0.05, 0) is 0 Å². The van der Waals surface area contributed by atoms with Crippen LogP contribution in [0.1, 0.15) is 12.3 Å². The van der Waals surface area contributed by atoms with E-state index in [1.165, 1.54) is 0 Å². The highest BCUT2D eigenvalue weighted by Gasteiger charge is 2.36. The number of amides is 2. The standard InChI is InChI=1S/C18H21N5O3/c24-16(23-11-10-22-9-8-19-18(25)14(22)12-23)7-6-15-20-17(21-26-15)13-4-2-1-3-5-13/h1-5,14H,6-12H2,(H,19,25). The average molecular weight is 355 g/mol. The molecular formula is C18H21N5O3. The second-order valence-corrected chi connectivity index (χ2v) is 6.56. The first-order valence-corrected chi connectivity index (χ1v) is 8.88. The van der Waals surface area contributed by atoms with Crippen molar-refractivity contribution in [2.24, 2.45) is 0 Å². The van der Waals surface area contributed by atoms with Crippen molar-refractivity contribution in [2.45, 2.75) is 18.9 Å². The molecule has 2 saturated heterocycles. The molecule has 3 heterocycles. The zero-order chi connectivity index (χ0) is 17.9. The SMILES string of the molecule is O=C1NCCN2CCN(C(=O)CCc3nc(-c4ccccc4)no3)CC12. The van der Waals surface area contributed by atoms with Crippen LogP contribution < -0.4 is 5.32 Å². The maximum absolute atomic E-state index is 12.5. The molecule has 0 saturated carbocycles. The van der Waals surface area contributed by atoms with Gasteiger partial charge >= 0.3 is 0 Å². The third-order valence-electron chi connectivity index (χ3n) is 4.90. The minimum absolute atomic E-state index is 0.0122. The third kappa shape index (κ3) is 3.45. The number of nitrogens with one attached hydrogen (secondary N) is 1. The zero-order valence-electron chi connectivity index (χ0n) is 14.4. The number of rotatable bonds is 4. The highest BCUT2D eigenvalue weighted by molar-refractivity contribution is 5.84. The summed E-state index contributed by atoms with van der Waals surface area (Å²) in [4.78, 5) is 32.8. The average Bonchev–Trinajstić information content (AvgIpc) is 3.16. The number of aryl methyl sites for hydroxylation is 1. The second-order valence-electron chi connectivity index (χ2n) is 6.56. The van der Waals surface area contributed by atoms with Gasteiger partial charge in [-0.3, -0.25) is 14.5 Å². The van der Waals surface area contributed by atoms with Gasteiger partial charge < -0.3 is 14.7 Å². The van der Waals surface area contributed by atoms with Crippen molar-refractivity contribution in [3.63, 3.8) is 0 Å². The number of carbonyl (C=O) groups is 2. The summed E-state index contributed by atoms with van der Waals surface area (Å²) in [7, 11) is 0. The van der Waals surface area contributed by atoms with Crippen molar-refractivity contribution in [2.75, 3.05) is 32.7 Å². The molecule has 1 aromatic heterocycles. The van der Waals surface area contributed by atoms with Gasteiger partial charge in [-0.2, -0.15) is 4.98 Å². The van der Waals surface area contributed by atoms with Gasteiger partial charge in [-0.25, -0.2) is 0 Å². The van der Waals surface area contributed by atoms with Crippen LogP contribution in [0.25, 0.3) is 11.4 Å². The fourth-order valence-electron chi connectivity index (χ4n) is 3.44. The van der Waals surface area contributed by atoms with Gasteiger partial charge in [0.25, 0.3) is 0 Å². The van der Waals surface area contributed by atoms with Gasteiger partial charge in [0, 0.05) is 51.1 Å². The summed E-state index contributed by atoms with van der Waals surface area (Å²) >= 11 is 0. The molecule has 2 aliphatic rings. The molecular weight excluding hydrogens is 334 g/mol. The number of fused-ring (bicyclic) bond motifs is 1. The second kappa shape index (κ2) is 7.25. The fraction of sp³-hybridized carbons (Fsp3) is 0.444. The van der Waals surface area contributed by atoms with Crippen LogP contribution in [0.4, 0.5) is 0 Å². The number of benzene rings is 1. The fourth-order valence-corrected chi connectivity index (χ4v) is 3.44. The number of hydrogen-bond donors (Lipinski definition) is 1. The summed E-state index contributed by atoms with van der Waals surface area (Å²) in [6.45, 7) is 3.38. The van der Waals surface area contributed by atoms with Gasteiger partial charge in [-0.15, -0.1) is 0 Å². The van der Waals surface area contributed by atoms with Crippen LogP contribution in [0.3, 0.4) is 0 Å². The lowest BCUT2D eigenvalue weighted by atomic mass is 10.1. The zero-order valence-corrected chi connectivity index (χ0v) is 14.4. The van der Waals surface area contributed by atoms with E-state index >= 15 is 0 Å². The number of nitrogens with zero attached hydrogens (tertiary/aromatic N) is 4. The van der Waals surface area contributed by atoms with E-state index in [4.69, 9.17) is 4.52 Å². The van der Waals surface area contributed by atoms with Crippen LogP contribution in [-0.4, -0.2) is 70.5 Å². The summed E-state index contributed by atoms with van der Waals surface area (Å²) in [5.74, 6) is 1.01. The molecule has 2 amide bonds. The largest absolute Gasteiger partial charge is 0.353 e. The lowest BCUT2D eigenvalue weighted by Gasteiger charge is -2.43. The van der Waals surface area contributed by atoms with Crippen LogP contribution in [0, 0.1) is 0 Å². The maximum atomic E-state index is 12.5. The maximum Gasteiger partial charge on any atom is 0.239 e. The van der Waals surface area contributed by atoms with Gasteiger partial charge in [0.1, 0.15) is 6.04 Å². The molecule has 0 bridgehead atoms. The van der Waals surface area contributed by atoms with Crippen molar-refractivity contribution < 1.29 is 14.1 Å². The Morgan fingerprint density at radius 2 is 2.08 bits per heavy atom. The molecule has 136 valence electrons. The Bertz CT molecular complexity index is 791. The first-order valence-electron chi connectivity index (χ1n) is 8.88. The van der Waals surface area contributed by atoms with Gasteiger partial charge in [-0.1, -0.05) is 35.5 Å². The highest BCUT2D eigenvalue weighted by atomic mass is 16.5. The van der Waals surface area contributed by atoms with Crippen molar-refractivity contribution >= 4 is 11.8 Å². The van der Waals surface area contributed by atoms with E-state index in [0.29, 0.717) is 44.2 Å². The lowest BCUT2D eigenvalue weighted by molar-refractivity contribution is -0.140. The Kier molecular flexibility index (Phi) is 4.66. The molecule has 8 heteroatoms. The van der Waals surface area contributed by atoms with E-state index in [0.717, 1.165) is 18.7 Å². The van der Waals surface area contributed by atoms with Crippen LogP contribution >= 0.6 is 0 Å². The Hall–Kier alpha value is -2.74. The van der Waals surface area contributed by atoms with Crippen LogP contribution in [0.15, 0.2) is 34.9 Å². The van der Waals surface area contributed by atoms with E-state index in [2.05, 4.69) is 20.4 Å². The quantitative estimate of drug-likeness (QED) is 0.849. The molecule has 1 unspecified atom stereocenters. The molecule has 0 radical (unpaired) electrons. The topological polar surface area (TPSA) is 91.6 Å². The predicted octanol–water partition coefficient (Wildman–Crippen LogP) is 0.312. The first-order chi connectivity index (χ1) is 12.7. The molecule has 4 rings (SSSR count). The number of piperazine rings is 2. The smallest absolute Gasteiger partial charge is 0.239 e. The molecule has 2 aromatic rings. The molecule has 26 heavy (non-hydrogen) atoms. The molecule has 2 aliphatic heterocycles. The highest BCUT2D eigenvalue weighted by Crippen LogP contribution is 2.17. The summed E-state index contributed by atoms with van der Waals surface area (Å²) in [5.41, 5.74) is 0.883. The lowest BCUT2D eigenvalue weighted by Crippen LogP contribution is -2.64. The normalized spacial score (nSPS) is 20.5. The van der Waals surface area contributed by atoms with Crippen LogP contribution in [-0.2, 0) is 16.0 Å². The molecule has 2 fully saturated rings. The summed E-state index contributed by atoms with van der Waals surface area (Å²) in [6.07, 6.45) is 0.695. The van der Waals surface area contributed by atoms with Crippen molar-refractivity contribution in [3.05, 3.63) is 36.2 Å². The minimum Gasteiger partial charge on any atom is -0.353 e. The first kappa shape index (κ1) is 16.7. The van der Waals surface area contributed by atoms with E-state index in [1.54, 1.807) is 4.90 Å². The van der Waals surface area contributed by atoms with Crippen molar-refractivity contribution in [1.82, 2.24) is 25.3 Å². The van der Waals surface area contributed by atoms with Crippen LogP contribution in [0.5, 0.6) is 0 Å². The van der Waals surface area contributed by atoms with E-state index in [-0.39, 0.29) is 17.9 Å². The molecule has 0 spiro atoms. The molecule has 1 N–H and O–H groups in total.